The van der Waals surface area contributed by atoms with E-state index >= 15 is 0 Å². The lowest BCUT2D eigenvalue weighted by Crippen LogP contribution is -2.30. The van der Waals surface area contributed by atoms with Crippen molar-refractivity contribution in [2.75, 3.05) is 11.4 Å². The highest BCUT2D eigenvalue weighted by atomic mass is 32.1. The summed E-state index contributed by atoms with van der Waals surface area (Å²) in [4.78, 5) is 12.4. The number of anilines is 1. The zero-order valence-electron chi connectivity index (χ0n) is 9.42. The van der Waals surface area contributed by atoms with Crippen LogP contribution in [0.25, 0.3) is 0 Å². The number of aromatic hydroxyl groups is 1. The van der Waals surface area contributed by atoms with Gasteiger partial charge in [0, 0.05) is 18.3 Å². The normalized spacial score (nSPS) is 12.2. The number of nitrogens with zero attached hydrogens (tertiary/aromatic N) is 2. The first kappa shape index (κ1) is 12.8. The SMILES string of the molecule is CCC(S)N(CC)c1ccc(N=O)c(O)c1. The number of phenolic OH excluding ortho intramolecular Hbond substituents is 1. The van der Waals surface area contributed by atoms with Crippen molar-refractivity contribution in [2.24, 2.45) is 5.18 Å². The summed E-state index contributed by atoms with van der Waals surface area (Å²) in [5.41, 5.74) is 0.904. The van der Waals surface area contributed by atoms with Gasteiger partial charge in [-0.15, -0.1) is 4.91 Å². The van der Waals surface area contributed by atoms with E-state index in [0.29, 0.717) is 0 Å². The molecule has 0 aliphatic rings. The Hall–Kier alpha value is -1.23. The Labute approximate surface area is 101 Å². The zero-order chi connectivity index (χ0) is 12.1. The van der Waals surface area contributed by atoms with Crippen LogP contribution in [-0.4, -0.2) is 17.0 Å². The Bertz CT molecular complexity index is 371. The maximum absolute atomic E-state index is 10.3. The molecular weight excluding hydrogens is 224 g/mol. The third-order valence-corrected chi connectivity index (χ3v) is 3.10. The van der Waals surface area contributed by atoms with Crippen LogP contribution in [0, 0.1) is 4.91 Å². The lowest BCUT2D eigenvalue weighted by molar-refractivity contribution is 0.476. The number of benzene rings is 1. The lowest BCUT2D eigenvalue weighted by Gasteiger charge is -2.28. The van der Waals surface area contributed by atoms with Gasteiger partial charge in [-0.3, -0.25) is 0 Å². The predicted octanol–water partition coefficient (Wildman–Crippen LogP) is 3.28. The van der Waals surface area contributed by atoms with Crippen molar-refractivity contribution in [2.45, 2.75) is 25.6 Å². The first-order valence-electron chi connectivity index (χ1n) is 5.25. The molecule has 5 heteroatoms. The van der Waals surface area contributed by atoms with Gasteiger partial charge in [0.1, 0.15) is 11.4 Å². The number of rotatable bonds is 5. The summed E-state index contributed by atoms with van der Waals surface area (Å²) in [7, 11) is 0. The predicted molar refractivity (Wildman–Crippen MR) is 69.6 cm³/mol. The molecule has 16 heavy (non-hydrogen) atoms. The van der Waals surface area contributed by atoms with Crippen LogP contribution in [-0.2, 0) is 0 Å². The molecule has 0 aromatic heterocycles. The fraction of sp³-hybridized carbons (Fsp3) is 0.455. The number of hydrogen-bond acceptors (Lipinski definition) is 5. The summed E-state index contributed by atoms with van der Waals surface area (Å²) in [6.07, 6.45) is 0.894. The van der Waals surface area contributed by atoms with E-state index in [9.17, 15) is 10.0 Å². The van der Waals surface area contributed by atoms with Gasteiger partial charge < -0.3 is 10.0 Å². The van der Waals surface area contributed by atoms with Gasteiger partial charge in [0.15, 0.2) is 0 Å². The maximum Gasteiger partial charge on any atom is 0.149 e. The van der Waals surface area contributed by atoms with E-state index < -0.39 is 0 Å². The summed E-state index contributed by atoms with van der Waals surface area (Å²) in [6, 6.07) is 4.81. The standard InChI is InChI=1S/C11H16N2O2S/c1-3-11(16)13(4-2)8-5-6-9(12-15)10(14)7-8/h5-7,11,14,16H,3-4H2,1-2H3. The van der Waals surface area contributed by atoms with Crippen LogP contribution in [0.15, 0.2) is 23.4 Å². The molecule has 0 bridgehead atoms. The van der Waals surface area contributed by atoms with Crippen molar-refractivity contribution in [3.05, 3.63) is 23.1 Å². The molecule has 0 spiro atoms. The molecule has 0 fully saturated rings. The van der Waals surface area contributed by atoms with Crippen molar-refractivity contribution < 1.29 is 5.11 Å². The van der Waals surface area contributed by atoms with Gasteiger partial charge in [-0.2, -0.15) is 12.6 Å². The van der Waals surface area contributed by atoms with Crippen LogP contribution in [0.2, 0.25) is 0 Å². The number of nitroso groups, excluding NO2 is 1. The molecule has 1 rings (SSSR count). The molecule has 0 radical (unpaired) electrons. The minimum atomic E-state index is -0.0948. The van der Waals surface area contributed by atoms with Crippen LogP contribution in [0.1, 0.15) is 20.3 Å². The van der Waals surface area contributed by atoms with Gasteiger partial charge in [-0.05, 0) is 30.7 Å². The summed E-state index contributed by atoms with van der Waals surface area (Å²) >= 11 is 4.46. The molecule has 0 aliphatic carbocycles. The summed E-state index contributed by atoms with van der Waals surface area (Å²) < 4.78 is 0. The molecule has 1 aromatic rings. The molecule has 0 heterocycles. The topological polar surface area (TPSA) is 52.9 Å². The molecule has 0 aliphatic heterocycles. The Morgan fingerprint density at radius 2 is 2.19 bits per heavy atom. The van der Waals surface area contributed by atoms with Crippen LogP contribution in [0.5, 0.6) is 5.75 Å². The van der Waals surface area contributed by atoms with Crippen molar-refractivity contribution in [3.63, 3.8) is 0 Å². The second kappa shape index (κ2) is 5.75. The van der Waals surface area contributed by atoms with E-state index in [1.54, 1.807) is 12.1 Å². The summed E-state index contributed by atoms with van der Waals surface area (Å²) in [5.74, 6) is -0.0948. The van der Waals surface area contributed by atoms with Crippen molar-refractivity contribution in [1.82, 2.24) is 0 Å². The molecule has 4 nitrogen and oxygen atoms in total. The highest BCUT2D eigenvalue weighted by Gasteiger charge is 2.13. The van der Waals surface area contributed by atoms with E-state index in [0.717, 1.165) is 18.7 Å². The molecule has 1 unspecified atom stereocenters. The van der Waals surface area contributed by atoms with Crippen LogP contribution >= 0.6 is 12.6 Å². The zero-order valence-corrected chi connectivity index (χ0v) is 10.3. The van der Waals surface area contributed by atoms with Gasteiger partial charge in [0.05, 0.1) is 5.37 Å². The summed E-state index contributed by atoms with van der Waals surface area (Å²) in [6.45, 7) is 4.85. The van der Waals surface area contributed by atoms with Crippen LogP contribution in [0.4, 0.5) is 11.4 Å². The van der Waals surface area contributed by atoms with E-state index in [4.69, 9.17) is 0 Å². The maximum atomic E-state index is 10.3. The molecule has 0 amide bonds. The molecule has 1 atom stereocenters. The average Bonchev–Trinajstić information content (AvgIpc) is 2.30. The number of thiol groups is 1. The van der Waals surface area contributed by atoms with Crippen LogP contribution < -0.4 is 4.90 Å². The third kappa shape index (κ3) is 2.66. The monoisotopic (exact) mass is 240 g/mol. The van der Waals surface area contributed by atoms with Crippen molar-refractivity contribution in [1.29, 1.82) is 0 Å². The smallest absolute Gasteiger partial charge is 0.149 e. The van der Waals surface area contributed by atoms with Crippen molar-refractivity contribution in [3.8, 4) is 5.75 Å². The Balaban J connectivity index is 3.02. The third-order valence-electron chi connectivity index (χ3n) is 2.45. The van der Waals surface area contributed by atoms with E-state index in [-0.39, 0.29) is 16.8 Å². The fourth-order valence-electron chi connectivity index (χ4n) is 1.55. The quantitative estimate of drug-likeness (QED) is 0.472. The minimum Gasteiger partial charge on any atom is -0.505 e. The molecule has 0 saturated heterocycles. The Kier molecular flexibility index (Phi) is 4.61. The second-order valence-corrected chi connectivity index (χ2v) is 4.04. The Morgan fingerprint density at radius 3 is 2.62 bits per heavy atom. The van der Waals surface area contributed by atoms with Gasteiger partial charge >= 0.3 is 0 Å². The second-order valence-electron chi connectivity index (χ2n) is 3.44. The molecule has 1 aromatic carbocycles. The van der Waals surface area contributed by atoms with Gasteiger partial charge in [-0.25, -0.2) is 0 Å². The average molecular weight is 240 g/mol. The van der Waals surface area contributed by atoms with Gasteiger partial charge in [0.25, 0.3) is 0 Å². The Morgan fingerprint density at radius 1 is 1.50 bits per heavy atom. The van der Waals surface area contributed by atoms with Gasteiger partial charge in [0.2, 0.25) is 0 Å². The van der Waals surface area contributed by atoms with E-state index in [2.05, 4.69) is 17.8 Å². The number of hydrogen-bond donors (Lipinski definition) is 2. The molecular formula is C11H16N2O2S. The number of phenols is 1. The van der Waals surface area contributed by atoms with E-state index in [1.807, 2.05) is 18.7 Å². The van der Waals surface area contributed by atoms with Gasteiger partial charge in [-0.1, -0.05) is 6.92 Å². The fourth-order valence-corrected chi connectivity index (χ4v) is 1.85. The molecule has 0 saturated carbocycles. The molecule has 1 N–H and O–H groups in total. The van der Waals surface area contributed by atoms with Crippen LogP contribution in [0.3, 0.4) is 0 Å². The highest BCUT2D eigenvalue weighted by molar-refractivity contribution is 7.81. The first-order valence-corrected chi connectivity index (χ1v) is 5.76. The first-order chi connectivity index (χ1) is 7.63. The summed E-state index contributed by atoms with van der Waals surface area (Å²) in [5, 5.41) is 12.4. The molecule has 88 valence electrons. The minimum absolute atomic E-state index is 0.0621. The van der Waals surface area contributed by atoms with Crippen molar-refractivity contribution >= 4 is 24.0 Å². The van der Waals surface area contributed by atoms with E-state index in [1.165, 1.54) is 6.07 Å². The highest BCUT2D eigenvalue weighted by Crippen LogP contribution is 2.32. The largest absolute Gasteiger partial charge is 0.505 e. The lowest BCUT2D eigenvalue weighted by atomic mass is 10.2.